The van der Waals surface area contributed by atoms with Gasteiger partial charge in [0.2, 0.25) is 0 Å². The van der Waals surface area contributed by atoms with Gasteiger partial charge in [-0.05, 0) is 29.8 Å². The third-order valence-corrected chi connectivity index (χ3v) is 3.51. The van der Waals surface area contributed by atoms with Crippen LogP contribution in [0.2, 0.25) is 0 Å². The fourth-order valence-corrected chi connectivity index (χ4v) is 2.40. The lowest BCUT2D eigenvalue weighted by Gasteiger charge is -2.03. The molecule has 0 unspecified atom stereocenters. The summed E-state index contributed by atoms with van der Waals surface area (Å²) in [4.78, 5) is 4.17. The Kier molecular flexibility index (Phi) is 3.96. The van der Waals surface area contributed by atoms with Crippen LogP contribution in [0.15, 0.2) is 52.1 Å². The normalized spacial score (nSPS) is 10.4. The largest absolute Gasteiger partial charge is 0.250 e. The van der Waals surface area contributed by atoms with Gasteiger partial charge in [-0.3, -0.25) is 0 Å². The summed E-state index contributed by atoms with van der Waals surface area (Å²) >= 11 is 4.76. The van der Waals surface area contributed by atoms with Gasteiger partial charge in [-0.1, -0.05) is 28.1 Å². The number of benzene rings is 1. The van der Waals surface area contributed by atoms with Crippen LogP contribution in [-0.4, -0.2) is 4.98 Å². The number of rotatable bonds is 3. The van der Waals surface area contributed by atoms with E-state index in [0.717, 1.165) is 9.50 Å². The standard InChI is InChI=1S/C12H9BrFNS/c13-10-5-4-9(11(14)7-10)8-16-12-3-1-2-6-15-12/h1-7H,8H2. The van der Waals surface area contributed by atoms with Gasteiger partial charge in [0.1, 0.15) is 5.82 Å². The Labute approximate surface area is 106 Å². The highest BCUT2D eigenvalue weighted by atomic mass is 79.9. The highest BCUT2D eigenvalue weighted by molar-refractivity contribution is 9.10. The summed E-state index contributed by atoms with van der Waals surface area (Å²) in [6, 6.07) is 10.8. The second kappa shape index (κ2) is 5.46. The summed E-state index contributed by atoms with van der Waals surface area (Å²) in [6.07, 6.45) is 1.74. The van der Waals surface area contributed by atoms with Crippen LogP contribution in [-0.2, 0) is 5.75 Å². The molecule has 1 aromatic heterocycles. The summed E-state index contributed by atoms with van der Waals surface area (Å²) < 4.78 is 14.3. The topological polar surface area (TPSA) is 12.9 Å². The Morgan fingerprint density at radius 3 is 2.81 bits per heavy atom. The molecular formula is C12H9BrFNS. The first-order valence-electron chi connectivity index (χ1n) is 4.73. The van der Waals surface area contributed by atoms with Gasteiger partial charge in [0.05, 0.1) is 5.03 Å². The van der Waals surface area contributed by atoms with Crippen molar-refractivity contribution < 1.29 is 4.39 Å². The van der Waals surface area contributed by atoms with E-state index in [1.165, 1.54) is 17.8 Å². The van der Waals surface area contributed by atoms with E-state index in [4.69, 9.17) is 0 Å². The van der Waals surface area contributed by atoms with E-state index in [-0.39, 0.29) is 5.82 Å². The highest BCUT2D eigenvalue weighted by Gasteiger charge is 2.03. The predicted molar refractivity (Wildman–Crippen MR) is 67.9 cm³/mol. The van der Waals surface area contributed by atoms with Crippen LogP contribution in [0.1, 0.15) is 5.56 Å². The molecule has 82 valence electrons. The van der Waals surface area contributed by atoms with Crippen molar-refractivity contribution in [1.82, 2.24) is 4.98 Å². The summed E-state index contributed by atoms with van der Waals surface area (Å²) in [5.74, 6) is 0.411. The SMILES string of the molecule is Fc1cc(Br)ccc1CSc1ccccn1. The van der Waals surface area contributed by atoms with Gasteiger partial charge in [-0.2, -0.15) is 0 Å². The molecular weight excluding hydrogens is 289 g/mol. The monoisotopic (exact) mass is 297 g/mol. The van der Waals surface area contributed by atoms with E-state index in [1.54, 1.807) is 12.3 Å². The molecule has 0 N–H and O–H groups in total. The lowest BCUT2D eigenvalue weighted by Crippen LogP contribution is -1.88. The molecule has 2 aromatic rings. The molecule has 0 bridgehead atoms. The van der Waals surface area contributed by atoms with E-state index in [2.05, 4.69) is 20.9 Å². The molecule has 0 spiro atoms. The maximum absolute atomic E-state index is 13.5. The van der Waals surface area contributed by atoms with Crippen LogP contribution in [0.5, 0.6) is 0 Å². The zero-order valence-corrected chi connectivity index (χ0v) is 10.8. The van der Waals surface area contributed by atoms with Crippen molar-refractivity contribution in [3.05, 3.63) is 58.4 Å². The van der Waals surface area contributed by atoms with E-state index in [0.29, 0.717) is 11.3 Å². The first-order valence-corrected chi connectivity index (χ1v) is 6.51. The highest BCUT2D eigenvalue weighted by Crippen LogP contribution is 2.23. The van der Waals surface area contributed by atoms with Gasteiger partial charge in [0.15, 0.2) is 0 Å². The number of aromatic nitrogens is 1. The first-order chi connectivity index (χ1) is 7.75. The number of nitrogens with zero attached hydrogens (tertiary/aromatic N) is 1. The summed E-state index contributed by atoms with van der Waals surface area (Å²) in [5, 5.41) is 0.907. The van der Waals surface area contributed by atoms with E-state index >= 15 is 0 Å². The third kappa shape index (κ3) is 3.06. The quantitative estimate of drug-likeness (QED) is 0.785. The molecule has 4 heteroatoms. The lowest BCUT2D eigenvalue weighted by molar-refractivity contribution is 0.616. The van der Waals surface area contributed by atoms with Crippen molar-refractivity contribution in [2.75, 3.05) is 0 Å². The van der Waals surface area contributed by atoms with Crippen molar-refractivity contribution in [3.8, 4) is 0 Å². The molecule has 0 radical (unpaired) electrons. The molecule has 1 aromatic carbocycles. The Morgan fingerprint density at radius 2 is 2.12 bits per heavy atom. The van der Waals surface area contributed by atoms with Crippen LogP contribution in [0.4, 0.5) is 4.39 Å². The minimum Gasteiger partial charge on any atom is -0.250 e. The Morgan fingerprint density at radius 1 is 1.25 bits per heavy atom. The van der Waals surface area contributed by atoms with Crippen LogP contribution in [0.3, 0.4) is 0 Å². The summed E-state index contributed by atoms with van der Waals surface area (Å²) in [6.45, 7) is 0. The van der Waals surface area contributed by atoms with Gasteiger partial charge in [-0.15, -0.1) is 11.8 Å². The number of halogens is 2. The fourth-order valence-electron chi connectivity index (χ4n) is 1.22. The molecule has 1 nitrogen and oxygen atoms in total. The molecule has 0 aliphatic rings. The van der Waals surface area contributed by atoms with Crippen molar-refractivity contribution in [2.24, 2.45) is 0 Å². The van der Waals surface area contributed by atoms with E-state index in [9.17, 15) is 4.39 Å². The fraction of sp³-hybridized carbons (Fsp3) is 0.0833. The number of pyridine rings is 1. The molecule has 0 saturated heterocycles. The average Bonchev–Trinajstić information content (AvgIpc) is 2.29. The summed E-state index contributed by atoms with van der Waals surface area (Å²) in [5.41, 5.74) is 0.693. The second-order valence-corrected chi connectivity index (χ2v) is 5.10. The minimum atomic E-state index is -0.183. The molecule has 0 amide bonds. The van der Waals surface area contributed by atoms with E-state index < -0.39 is 0 Å². The number of hydrogen-bond donors (Lipinski definition) is 0. The van der Waals surface area contributed by atoms with Crippen LogP contribution >= 0.6 is 27.7 Å². The van der Waals surface area contributed by atoms with Crippen molar-refractivity contribution >= 4 is 27.7 Å². The zero-order valence-electron chi connectivity index (χ0n) is 8.36. The molecule has 0 saturated carbocycles. The van der Waals surface area contributed by atoms with Gasteiger partial charge >= 0.3 is 0 Å². The van der Waals surface area contributed by atoms with Crippen molar-refractivity contribution in [1.29, 1.82) is 0 Å². The maximum Gasteiger partial charge on any atom is 0.128 e. The Balaban J connectivity index is 2.05. The molecule has 0 atom stereocenters. The number of hydrogen-bond acceptors (Lipinski definition) is 2. The van der Waals surface area contributed by atoms with Gasteiger partial charge in [0.25, 0.3) is 0 Å². The van der Waals surface area contributed by atoms with Gasteiger partial charge in [-0.25, -0.2) is 9.37 Å². The minimum absolute atomic E-state index is 0.183. The smallest absolute Gasteiger partial charge is 0.128 e. The molecule has 2 rings (SSSR count). The predicted octanol–water partition coefficient (Wildman–Crippen LogP) is 4.28. The molecule has 0 aliphatic heterocycles. The Bertz CT molecular complexity index is 476. The molecule has 16 heavy (non-hydrogen) atoms. The van der Waals surface area contributed by atoms with E-state index in [1.807, 2.05) is 24.3 Å². The molecule has 0 aliphatic carbocycles. The lowest BCUT2D eigenvalue weighted by atomic mass is 10.2. The maximum atomic E-state index is 13.5. The average molecular weight is 298 g/mol. The second-order valence-electron chi connectivity index (χ2n) is 3.19. The van der Waals surface area contributed by atoms with Crippen LogP contribution < -0.4 is 0 Å². The van der Waals surface area contributed by atoms with Crippen molar-refractivity contribution in [2.45, 2.75) is 10.8 Å². The van der Waals surface area contributed by atoms with Crippen molar-refractivity contribution in [3.63, 3.8) is 0 Å². The third-order valence-electron chi connectivity index (χ3n) is 2.03. The van der Waals surface area contributed by atoms with Gasteiger partial charge in [0, 0.05) is 16.4 Å². The zero-order chi connectivity index (χ0) is 11.4. The van der Waals surface area contributed by atoms with Crippen LogP contribution in [0.25, 0.3) is 0 Å². The molecule has 0 fully saturated rings. The Hall–Kier alpha value is -0.870. The number of thioether (sulfide) groups is 1. The van der Waals surface area contributed by atoms with Gasteiger partial charge < -0.3 is 0 Å². The summed E-state index contributed by atoms with van der Waals surface area (Å²) in [7, 11) is 0. The first kappa shape index (κ1) is 11.6. The molecule has 1 heterocycles. The van der Waals surface area contributed by atoms with Crippen LogP contribution in [0, 0.1) is 5.82 Å².